The van der Waals surface area contributed by atoms with E-state index < -0.39 is 5.60 Å². The van der Waals surface area contributed by atoms with E-state index in [1.54, 1.807) is 0 Å². The number of piperidine rings is 1. The van der Waals surface area contributed by atoms with Crippen molar-refractivity contribution in [3.05, 3.63) is 0 Å². The normalized spacial score (nSPS) is 31.0. The molecule has 1 heterocycles. The van der Waals surface area contributed by atoms with Crippen LogP contribution < -0.4 is 5.32 Å². The molecule has 2 atom stereocenters. The highest BCUT2D eigenvalue weighted by Crippen LogP contribution is 2.29. The van der Waals surface area contributed by atoms with Gasteiger partial charge in [0, 0.05) is 19.1 Å². The Labute approximate surface area is 147 Å². The fourth-order valence-corrected chi connectivity index (χ4v) is 3.82. The highest BCUT2D eigenvalue weighted by atomic mass is 16.6. The van der Waals surface area contributed by atoms with Gasteiger partial charge in [-0.05, 0) is 70.8 Å². The Morgan fingerprint density at radius 2 is 2.00 bits per heavy atom. The quantitative estimate of drug-likeness (QED) is 0.807. The van der Waals surface area contributed by atoms with Crippen LogP contribution in [0.5, 0.6) is 0 Å². The molecule has 1 saturated carbocycles. The maximum atomic E-state index is 12.4. The van der Waals surface area contributed by atoms with Crippen molar-refractivity contribution in [2.45, 2.75) is 78.0 Å². The molecule has 5 heteroatoms. The number of nitrogens with zero attached hydrogens (tertiary/aromatic N) is 1. The monoisotopic (exact) mass is 340 g/mol. The Morgan fingerprint density at radius 3 is 2.54 bits per heavy atom. The third kappa shape index (κ3) is 5.92. The molecule has 0 aromatic carbocycles. The molecular weight excluding hydrogens is 304 g/mol. The lowest BCUT2D eigenvalue weighted by atomic mass is 9.81. The fraction of sp³-hybridized carbons (Fsp3) is 0.947. The average molecular weight is 341 g/mol. The zero-order valence-electron chi connectivity index (χ0n) is 16.0. The molecule has 2 aliphatic rings. The molecule has 2 N–H and O–H groups in total. The van der Waals surface area contributed by atoms with Crippen molar-refractivity contribution in [1.29, 1.82) is 0 Å². The second kappa shape index (κ2) is 8.05. The first kappa shape index (κ1) is 19.5. The van der Waals surface area contributed by atoms with Gasteiger partial charge in [-0.25, -0.2) is 4.79 Å². The number of carbonyl (C=O) groups is 1. The van der Waals surface area contributed by atoms with E-state index in [0.29, 0.717) is 23.8 Å². The highest BCUT2D eigenvalue weighted by Gasteiger charge is 2.35. The van der Waals surface area contributed by atoms with E-state index in [1.165, 1.54) is 0 Å². The minimum atomic E-state index is -0.440. The summed E-state index contributed by atoms with van der Waals surface area (Å²) in [6, 6.07) is 0.462. The molecule has 1 aliphatic carbocycles. The van der Waals surface area contributed by atoms with Gasteiger partial charge in [-0.1, -0.05) is 13.8 Å². The predicted octanol–water partition coefficient (Wildman–Crippen LogP) is 3.02. The Morgan fingerprint density at radius 1 is 1.33 bits per heavy atom. The van der Waals surface area contributed by atoms with Gasteiger partial charge < -0.3 is 20.1 Å². The molecule has 0 bridgehead atoms. The third-order valence-electron chi connectivity index (χ3n) is 5.04. The predicted molar refractivity (Wildman–Crippen MR) is 95.9 cm³/mol. The molecule has 0 spiro atoms. The summed E-state index contributed by atoms with van der Waals surface area (Å²) in [4.78, 5) is 14.2. The van der Waals surface area contributed by atoms with Crippen molar-refractivity contribution >= 4 is 6.09 Å². The maximum absolute atomic E-state index is 12.4. The van der Waals surface area contributed by atoms with Crippen molar-refractivity contribution < 1.29 is 14.6 Å². The van der Waals surface area contributed by atoms with Crippen molar-refractivity contribution in [1.82, 2.24) is 10.2 Å². The van der Waals surface area contributed by atoms with E-state index in [-0.39, 0.29) is 12.2 Å². The molecule has 0 radical (unpaired) electrons. The Bertz CT molecular complexity index is 413. The number of aliphatic hydroxyl groups excluding tert-OH is 1. The summed E-state index contributed by atoms with van der Waals surface area (Å²) in [6.45, 7) is 12.8. The second-order valence-corrected chi connectivity index (χ2v) is 9.11. The smallest absolute Gasteiger partial charge is 0.410 e. The largest absolute Gasteiger partial charge is 0.444 e. The van der Waals surface area contributed by atoms with Crippen LogP contribution in [0.4, 0.5) is 4.79 Å². The highest BCUT2D eigenvalue weighted by molar-refractivity contribution is 5.68. The summed E-state index contributed by atoms with van der Waals surface area (Å²) in [5, 5.41) is 13.1. The molecule has 2 fully saturated rings. The standard InChI is InChI=1S/C19H36N2O3/c1-13(2)8-15-12-21(18(23)24-19(3,4)5)7-6-17(15)20-11-14-9-16(22)10-14/h13-17,20,22H,6-12H2,1-5H3. The van der Waals surface area contributed by atoms with Crippen molar-refractivity contribution in [3.8, 4) is 0 Å². The summed E-state index contributed by atoms with van der Waals surface area (Å²) in [7, 11) is 0. The molecule has 0 aromatic rings. The number of aliphatic hydroxyl groups is 1. The third-order valence-corrected chi connectivity index (χ3v) is 5.04. The SMILES string of the molecule is CC(C)CC1CN(C(=O)OC(C)(C)C)CCC1NCC1CC(O)C1. The number of hydrogen-bond acceptors (Lipinski definition) is 4. The summed E-state index contributed by atoms with van der Waals surface area (Å²) in [5.41, 5.74) is -0.440. The van der Waals surface area contributed by atoms with Crippen LogP contribution in [-0.2, 0) is 4.74 Å². The van der Waals surface area contributed by atoms with Crippen LogP contribution in [0.2, 0.25) is 0 Å². The van der Waals surface area contributed by atoms with Gasteiger partial charge in [-0.15, -0.1) is 0 Å². The van der Waals surface area contributed by atoms with Crippen molar-refractivity contribution in [3.63, 3.8) is 0 Å². The van der Waals surface area contributed by atoms with Gasteiger partial charge in [0.2, 0.25) is 0 Å². The van der Waals surface area contributed by atoms with Gasteiger partial charge in [-0.3, -0.25) is 0 Å². The van der Waals surface area contributed by atoms with Crippen molar-refractivity contribution in [2.24, 2.45) is 17.8 Å². The molecule has 1 amide bonds. The number of ether oxygens (including phenoxy) is 1. The van der Waals surface area contributed by atoms with Gasteiger partial charge in [0.1, 0.15) is 5.60 Å². The van der Waals surface area contributed by atoms with Gasteiger partial charge in [0.25, 0.3) is 0 Å². The lowest BCUT2D eigenvalue weighted by Crippen LogP contribution is -2.53. The molecule has 1 aliphatic heterocycles. The van der Waals surface area contributed by atoms with Crippen molar-refractivity contribution in [2.75, 3.05) is 19.6 Å². The molecule has 0 aromatic heterocycles. The molecule has 2 rings (SSSR count). The zero-order valence-corrected chi connectivity index (χ0v) is 16.0. The summed E-state index contributed by atoms with van der Waals surface area (Å²) < 4.78 is 5.54. The summed E-state index contributed by atoms with van der Waals surface area (Å²) >= 11 is 0. The Kier molecular flexibility index (Phi) is 6.54. The van der Waals surface area contributed by atoms with Crippen LogP contribution in [0.15, 0.2) is 0 Å². The average Bonchev–Trinajstić information content (AvgIpc) is 2.40. The van der Waals surface area contributed by atoms with E-state index in [4.69, 9.17) is 4.74 Å². The minimum absolute atomic E-state index is 0.0859. The van der Waals surface area contributed by atoms with Crippen LogP contribution in [0.3, 0.4) is 0 Å². The fourth-order valence-electron chi connectivity index (χ4n) is 3.82. The molecule has 1 saturated heterocycles. The zero-order chi connectivity index (χ0) is 17.9. The van der Waals surface area contributed by atoms with Gasteiger partial charge in [-0.2, -0.15) is 0 Å². The maximum Gasteiger partial charge on any atom is 0.410 e. The number of likely N-dealkylation sites (tertiary alicyclic amines) is 1. The first-order chi connectivity index (χ1) is 11.1. The minimum Gasteiger partial charge on any atom is -0.444 e. The number of carbonyl (C=O) groups excluding carboxylic acids is 1. The molecule has 5 nitrogen and oxygen atoms in total. The van der Waals surface area contributed by atoms with Crippen LogP contribution in [0.25, 0.3) is 0 Å². The second-order valence-electron chi connectivity index (χ2n) is 9.11. The van der Waals surface area contributed by atoms with Crippen LogP contribution in [0.1, 0.15) is 60.3 Å². The van der Waals surface area contributed by atoms with Gasteiger partial charge >= 0.3 is 6.09 Å². The van der Waals surface area contributed by atoms with Gasteiger partial charge in [0.05, 0.1) is 6.10 Å². The number of rotatable bonds is 5. The lowest BCUT2D eigenvalue weighted by molar-refractivity contribution is 0.00912. The van der Waals surface area contributed by atoms with Crippen LogP contribution in [-0.4, -0.2) is 53.5 Å². The lowest BCUT2D eigenvalue weighted by Gasteiger charge is -2.41. The topological polar surface area (TPSA) is 61.8 Å². The van der Waals surface area contributed by atoms with Crippen LogP contribution >= 0.6 is 0 Å². The Balaban J connectivity index is 1.87. The molecule has 140 valence electrons. The first-order valence-electron chi connectivity index (χ1n) is 9.53. The van der Waals surface area contributed by atoms with Crippen LogP contribution in [0, 0.1) is 17.8 Å². The Hall–Kier alpha value is -0.810. The first-order valence-corrected chi connectivity index (χ1v) is 9.53. The number of amides is 1. The van der Waals surface area contributed by atoms with Gasteiger partial charge in [0.15, 0.2) is 0 Å². The van der Waals surface area contributed by atoms with E-state index in [9.17, 15) is 9.90 Å². The van der Waals surface area contributed by atoms with E-state index in [2.05, 4.69) is 19.2 Å². The van der Waals surface area contributed by atoms with E-state index in [0.717, 1.165) is 45.3 Å². The summed E-state index contributed by atoms with van der Waals surface area (Å²) in [5.74, 6) is 1.70. The number of hydrogen-bond donors (Lipinski definition) is 2. The summed E-state index contributed by atoms with van der Waals surface area (Å²) in [6.07, 6.45) is 3.68. The number of nitrogens with one attached hydrogen (secondary N) is 1. The van der Waals surface area contributed by atoms with E-state index >= 15 is 0 Å². The molecule has 2 unspecified atom stereocenters. The van der Waals surface area contributed by atoms with E-state index in [1.807, 2.05) is 25.7 Å². The molecular formula is C19H36N2O3. The molecule has 24 heavy (non-hydrogen) atoms.